The Morgan fingerprint density at radius 1 is 1.52 bits per heavy atom. The number of aromatic amines is 1. The van der Waals surface area contributed by atoms with Gasteiger partial charge in [-0.1, -0.05) is 18.2 Å². The first kappa shape index (κ1) is 14.1. The molecule has 0 radical (unpaired) electrons. The molecule has 0 spiro atoms. The van der Waals surface area contributed by atoms with Crippen LogP contribution in [0.4, 0.5) is 0 Å². The van der Waals surface area contributed by atoms with Crippen molar-refractivity contribution in [3.05, 3.63) is 36.0 Å². The average Bonchev–Trinajstić information content (AvgIpc) is 3.16. The van der Waals surface area contributed by atoms with E-state index in [9.17, 15) is 4.79 Å². The largest absolute Gasteiger partial charge is 0.379 e. The van der Waals surface area contributed by atoms with Gasteiger partial charge < -0.3 is 20.4 Å². The van der Waals surface area contributed by atoms with Gasteiger partial charge in [0.15, 0.2) is 0 Å². The fraction of sp³-hybridized carbons (Fsp3) is 0.438. The third kappa shape index (κ3) is 2.80. The van der Waals surface area contributed by atoms with Gasteiger partial charge in [0.25, 0.3) is 0 Å². The van der Waals surface area contributed by atoms with Crippen LogP contribution in [0.5, 0.6) is 0 Å². The zero-order valence-electron chi connectivity index (χ0n) is 12.2. The third-order valence-electron chi connectivity index (χ3n) is 4.23. The Bertz CT molecular complexity index is 631. The highest BCUT2D eigenvalue weighted by Gasteiger charge is 2.27. The van der Waals surface area contributed by atoms with Gasteiger partial charge in [-0.25, -0.2) is 0 Å². The van der Waals surface area contributed by atoms with Crippen LogP contribution in [0, 0.1) is 0 Å². The number of nitrogens with zero attached hydrogens (tertiary/aromatic N) is 1. The average molecular weight is 287 g/mol. The summed E-state index contributed by atoms with van der Waals surface area (Å²) in [5.41, 5.74) is 8.28. The number of likely N-dealkylation sites (N-methyl/N-ethyl adjacent to an activating group) is 1. The molecule has 2 aromatic rings. The van der Waals surface area contributed by atoms with Gasteiger partial charge in [0.05, 0.1) is 18.7 Å². The first-order valence-electron chi connectivity index (χ1n) is 7.32. The van der Waals surface area contributed by atoms with Crippen LogP contribution in [0.1, 0.15) is 12.0 Å². The summed E-state index contributed by atoms with van der Waals surface area (Å²) in [4.78, 5) is 17.4. The fourth-order valence-corrected chi connectivity index (χ4v) is 2.89. The van der Waals surface area contributed by atoms with Crippen LogP contribution in [0.15, 0.2) is 30.5 Å². The Labute approximate surface area is 124 Å². The maximum absolute atomic E-state index is 12.4. The molecule has 3 rings (SSSR count). The molecule has 2 atom stereocenters. The minimum Gasteiger partial charge on any atom is -0.379 e. The standard InChI is InChI=1S/C16H21N3O2/c1-19(12-6-7-21-10-12)16(20)14(17)8-11-9-18-15-5-3-2-4-13(11)15/h2-5,9,12,14,18H,6-8,10,17H2,1H3/t12?,14-/m1/s1. The summed E-state index contributed by atoms with van der Waals surface area (Å²) in [5.74, 6) is -0.0178. The predicted octanol–water partition coefficient (Wildman–Crippen LogP) is 1.28. The van der Waals surface area contributed by atoms with Crippen LogP contribution in [0.2, 0.25) is 0 Å². The van der Waals surface area contributed by atoms with Crippen molar-refractivity contribution in [3.8, 4) is 0 Å². The number of benzene rings is 1. The lowest BCUT2D eigenvalue weighted by atomic mass is 10.0. The molecule has 1 aliphatic rings. The van der Waals surface area contributed by atoms with Crippen LogP contribution in [-0.2, 0) is 16.0 Å². The lowest BCUT2D eigenvalue weighted by Gasteiger charge is -2.26. The summed E-state index contributed by atoms with van der Waals surface area (Å²) in [5, 5.41) is 1.13. The van der Waals surface area contributed by atoms with Crippen LogP contribution < -0.4 is 5.73 Å². The van der Waals surface area contributed by atoms with Gasteiger partial charge in [-0.2, -0.15) is 0 Å². The van der Waals surface area contributed by atoms with Crippen molar-refractivity contribution in [3.63, 3.8) is 0 Å². The summed E-state index contributed by atoms with van der Waals surface area (Å²) in [7, 11) is 1.82. The molecule has 1 aromatic heterocycles. The number of ether oxygens (including phenoxy) is 1. The lowest BCUT2D eigenvalue weighted by molar-refractivity contribution is -0.133. The van der Waals surface area contributed by atoms with E-state index >= 15 is 0 Å². The number of hydrogen-bond donors (Lipinski definition) is 2. The van der Waals surface area contributed by atoms with Gasteiger partial charge in [-0.05, 0) is 24.5 Å². The molecule has 1 fully saturated rings. The number of aromatic nitrogens is 1. The molecular formula is C16H21N3O2. The molecule has 21 heavy (non-hydrogen) atoms. The number of nitrogens with one attached hydrogen (secondary N) is 1. The molecule has 0 aliphatic carbocycles. The van der Waals surface area contributed by atoms with Crippen molar-refractivity contribution in [1.82, 2.24) is 9.88 Å². The number of rotatable bonds is 4. The van der Waals surface area contributed by atoms with Crippen molar-refractivity contribution in [1.29, 1.82) is 0 Å². The van der Waals surface area contributed by atoms with Crippen molar-refractivity contribution in [2.75, 3.05) is 20.3 Å². The molecule has 5 heteroatoms. The van der Waals surface area contributed by atoms with Crippen LogP contribution in [-0.4, -0.2) is 48.1 Å². The first-order valence-corrected chi connectivity index (χ1v) is 7.32. The molecule has 1 aliphatic heterocycles. The molecular weight excluding hydrogens is 266 g/mol. The first-order chi connectivity index (χ1) is 10.2. The second kappa shape index (κ2) is 5.87. The number of carbonyl (C=O) groups is 1. The molecule has 3 N–H and O–H groups in total. The molecule has 0 bridgehead atoms. The minimum atomic E-state index is -0.519. The SMILES string of the molecule is CN(C(=O)[C@H](N)Cc1c[nH]c2ccccc12)C1CCOC1. The van der Waals surface area contributed by atoms with Crippen molar-refractivity contribution >= 4 is 16.8 Å². The van der Waals surface area contributed by atoms with E-state index in [4.69, 9.17) is 10.5 Å². The quantitative estimate of drug-likeness (QED) is 0.890. The third-order valence-corrected chi connectivity index (χ3v) is 4.23. The van der Waals surface area contributed by atoms with Gasteiger partial charge in [0.1, 0.15) is 0 Å². The maximum atomic E-state index is 12.4. The number of amides is 1. The predicted molar refractivity (Wildman–Crippen MR) is 82.0 cm³/mol. The van der Waals surface area contributed by atoms with Gasteiger partial charge in [-0.3, -0.25) is 4.79 Å². The summed E-state index contributed by atoms with van der Waals surface area (Å²) >= 11 is 0. The van der Waals surface area contributed by atoms with E-state index in [1.807, 2.05) is 37.5 Å². The molecule has 0 saturated carbocycles. The Balaban J connectivity index is 1.70. The number of hydrogen-bond acceptors (Lipinski definition) is 3. The van der Waals surface area contributed by atoms with E-state index in [1.54, 1.807) is 4.90 Å². The van der Waals surface area contributed by atoms with E-state index in [0.29, 0.717) is 13.0 Å². The molecule has 2 heterocycles. The second-order valence-corrected chi connectivity index (χ2v) is 5.64. The summed E-state index contributed by atoms with van der Waals surface area (Å²) < 4.78 is 5.33. The Morgan fingerprint density at radius 2 is 2.33 bits per heavy atom. The van der Waals surface area contributed by atoms with Crippen molar-refractivity contribution < 1.29 is 9.53 Å². The number of nitrogens with two attached hydrogens (primary N) is 1. The van der Waals surface area contributed by atoms with Crippen LogP contribution in [0.25, 0.3) is 10.9 Å². The van der Waals surface area contributed by atoms with Crippen LogP contribution >= 0.6 is 0 Å². The maximum Gasteiger partial charge on any atom is 0.239 e. The molecule has 1 aromatic carbocycles. The number of H-pyrrole nitrogens is 1. The summed E-state index contributed by atoms with van der Waals surface area (Å²) in [6, 6.07) is 7.69. The normalized spacial score (nSPS) is 19.8. The Kier molecular flexibility index (Phi) is 3.94. The van der Waals surface area contributed by atoms with Gasteiger partial charge >= 0.3 is 0 Å². The summed E-state index contributed by atoms with van der Waals surface area (Å²) in [6.07, 6.45) is 3.37. The van der Waals surface area contributed by atoms with Crippen LogP contribution in [0.3, 0.4) is 0 Å². The highest BCUT2D eigenvalue weighted by molar-refractivity contribution is 5.86. The van der Waals surface area contributed by atoms with Gasteiger partial charge in [0, 0.05) is 30.8 Å². The van der Waals surface area contributed by atoms with E-state index in [2.05, 4.69) is 4.98 Å². The van der Waals surface area contributed by atoms with E-state index in [-0.39, 0.29) is 11.9 Å². The molecule has 1 unspecified atom stereocenters. The zero-order chi connectivity index (χ0) is 14.8. The van der Waals surface area contributed by atoms with E-state index < -0.39 is 6.04 Å². The Hall–Kier alpha value is -1.85. The highest BCUT2D eigenvalue weighted by Crippen LogP contribution is 2.19. The summed E-state index contributed by atoms with van der Waals surface area (Å²) in [6.45, 7) is 1.34. The number of fused-ring (bicyclic) bond motifs is 1. The highest BCUT2D eigenvalue weighted by atomic mass is 16.5. The molecule has 1 amide bonds. The second-order valence-electron chi connectivity index (χ2n) is 5.64. The smallest absolute Gasteiger partial charge is 0.239 e. The molecule has 112 valence electrons. The van der Waals surface area contributed by atoms with Gasteiger partial charge in [0.2, 0.25) is 5.91 Å². The number of para-hydroxylation sites is 1. The zero-order valence-corrected chi connectivity index (χ0v) is 12.2. The van der Waals surface area contributed by atoms with E-state index in [0.717, 1.165) is 29.5 Å². The minimum absolute atomic E-state index is 0.0178. The molecule has 5 nitrogen and oxygen atoms in total. The van der Waals surface area contributed by atoms with E-state index in [1.165, 1.54) is 0 Å². The Morgan fingerprint density at radius 3 is 3.10 bits per heavy atom. The monoisotopic (exact) mass is 287 g/mol. The fourth-order valence-electron chi connectivity index (χ4n) is 2.89. The van der Waals surface area contributed by atoms with Gasteiger partial charge in [-0.15, -0.1) is 0 Å². The lowest BCUT2D eigenvalue weighted by Crippen LogP contribution is -2.47. The number of carbonyl (C=O) groups excluding carboxylic acids is 1. The molecule has 1 saturated heterocycles. The van der Waals surface area contributed by atoms with Crippen molar-refractivity contribution in [2.45, 2.75) is 24.9 Å². The van der Waals surface area contributed by atoms with Crippen molar-refractivity contribution in [2.24, 2.45) is 5.73 Å². The topological polar surface area (TPSA) is 71.3 Å².